The Morgan fingerprint density at radius 3 is 2.82 bits per heavy atom. The maximum Gasteiger partial charge on any atom is 0.223 e. The molecule has 0 radical (unpaired) electrons. The third-order valence-electron chi connectivity index (χ3n) is 2.52. The molecular weight excluding hydrogens is 218 g/mol. The molecule has 0 amide bonds. The van der Waals surface area contributed by atoms with Gasteiger partial charge in [-0.1, -0.05) is 0 Å². The van der Waals surface area contributed by atoms with Gasteiger partial charge in [0.05, 0.1) is 12.6 Å². The number of nitrogens with one attached hydrogen (secondary N) is 1. The second kappa shape index (κ2) is 6.24. The lowest BCUT2D eigenvalue weighted by molar-refractivity contribution is 0.183. The minimum Gasteiger partial charge on any atom is -0.383 e. The molecule has 0 aliphatic rings. The quantitative estimate of drug-likeness (QED) is 0.770. The summed E-state index contributed by atoms with van der Waals surface area (Å²) in [6, 6.07) is 2.11. The molecule has 1 aromatic rings. The number of hydrogen-bond acceptors (Lipinski definition) is 6. The molecule has 0 aliphatic carbocycles. The van der Waals surface area contributed by atoms with Crippen molar-refractivity contribution in [2.45, 2.75) is 19.9 Å². The molecule has 1 aromatic heterocycles. The molecule has 0 bridgehead atoms. The van der Waals surface area contributed by atoms with Crippen molar-refractivity contribution in [1.29, 1.82) is 0 Å². The highest BCUT2D eigenvalue weighted by molar-refractivity contribution is 5.52. The molecule has 17 heavy (non-hydrogen) atoms. The summed E-state index contributed by atoms with van der Waals surface area (Å²) in [7, 11) is 3.64. The van der Waals surface area contributed by atoms with Crippen LogP contribution in [0, 0.1) is 0 Å². The molecule has 1 atom stereocenters. The van der Waals surface area contributed by atoms with Crippen molar-refractivity contribution in [1.82, 2.24) is 9.97 Å². The van der Waals surface area contributed by atoms with E-state index in [1.165, 1.54) is 0 Å². The summed E-state index contributed by atoms with van der Waals surface area (Å²) in [5, 5.41) is 3.13. The average molecular weight is 239 g/mol. The van der Waals surface area contributed by atoms with E-state index in [1.54, 1.807) is 7.11 Å². The first-order valence-electron chi connectivity index (χ1n) is 5.68. The number of likely N-dealkylation sites (N-methyl/N-ethyl adjacent to an activating group) is 1. The van der Waals surface area contributed by atoms with Crippen molar-refractivity contribution < 1.29 is 4.74 Å². The van der Waals surface area contributed by atoms with Crippen LogP contribution in [0.25, 0.3) is 0 Å². The zero-order valence-corrected chi connectivity index (χ0v) is 10.9. The van der Waals surface area contributed by atoms with Gasteiger partial charge < -0.3 is 20.7 Å². The molecule has 1 unspecified atom stereocenters. The van der Waals surface area contributed by atoms with E-state index in [1.807, 2.05) is 24.9 Å². The first-order valence-corrected chi connectivity index (χ1v) is 5.68. The van der Waals surface area contributed by atoms with Crippen molar-refractivity contribution in [2.75, 3.05) is 43.3 Å². The molecule has 1 heterocycles. The van der Waals surface area contributed by atoms with Crippen molar-refractivity contribution in [3.63, 3.8) is 0 Å². The minimum atomic E-state index is 0.226. The van der Waals surface area contributed by atoms with E-state index in [9.17, 15) is 0 Å². The Bertz CT molecular complexity index is 358. The fourth-order valence-corrected chi connectivity index (χ4v) is 1.48. The van der Waals surface area contributed by atoms with Crippen LogP contribution in [0.4, 0.5) is 17.6 Å². The normalized spacial score (nSPS) is 12.2. The number of methoxy groups -OCH3 is 1. The smallest absolute Gasteiger partial charge is 0.223 e. The SMILES string of the molecule is CCNc1cc(N(C)C(C)COC)nc(N)n1. The van der Waals surface area contributed by atoms with E-state index in [2.05, 4.69) is 22.2 Å². The Kier molecular flexibility index (Phi) is 4.96. The number of hydrogen-bond donors (Lipinski definition) is 2. The Hall–Kier alpha value is -1.56. The Labute approximate surface area is 102 Å². The van der Waals surface area contributed by atoms with Gasteiger partial charge in [-0.3, -0.25) is 0 Å². The van der Waals surface area contributed by atoms with Crippen LogP contribution < -0.4 is 16.0 Å². The number of aromatic nitrogens is 2. The minimum absolute atomic E-state index is 0.226. The highest BCUT2D eigenvalue weighted by atomic mass is 16.5. The van der Waals surface area contributed by atoms with Gasteiger partial charge in [-0.25, -0.2) is 0 Å². The third-order valence-corrected chi connectivity index (χ3v) is 2.52. The van der Waals surface area contributed by atoms with Gasteiger partial charge in [-0.15, -0.1) is 0 Å². The molecule has 0 spiro atoms. The molecule has 0 saturated heterocycles. The van der Waals surface area contributed by atoms with Gasteiger partial charge in [-0.05, 0) is 13.8 Å². The summed E-state index contributed by atoms with van der Waals surface area (Å²) in [5.74, 6) is 1.80. The number of ether oxygens (including phenoxy) is 1. The number of rotatable bonds is 6. The van der Waals surface area contributed by atoms with Crippen LogP contribution in [0.2, 0.25) is 0 Å². The fourth-order valence-electron chi connectivity index (χ4n) is 1.48. The number of nitrogens with zero attached hydrogens (tertiary/aromatic N) is 3. The number of anilines is 3. The number of nitrogen functional groups attached to an aromatic ring is 1. The molecular formula is C11H21N5O. The van der Waals surface area contributed by atoms with Gasteiger partial charge in [0.15, 0.2) is 0 Å². The summed E-state index contributed by atoms with van der Waals surface area (Å²) < 4.78 is 5.12. The summed E-state index contributed by atoms with van der Waals surface area (Å²) in [6.07, 6.45) is 0. The van der Waals surface area contributed by atoms with Gasteiger partial charge in [0.1, 0.15) is 11.6 Å². The van der Waals surface area contributed by atoms with Crippen LogP contribution in [-0.2, 0) is 4.74 Å². The number of nitrogens with two attached hydrogens (primary N) is 1. The van der Waals surface area contributed by atoms with Crippen molar-refractivity contribution in [3.05, 3.63) is 6.07 Å². The van der Waals surface area contributed by atoms with Crippen LogP contribution in [-0.4, -0.2) is 43.3 Å². The standard InChI is InChI=1S/C11H21N5O/c1-5-13-9-6-10(15-11(12)14-9)16(3)8(2)7-17-4/h6,8H,5,7H2,1-4H3,(H3,12,13,14,15). The Balaban J connectivity index is 2.88. The van der Waals surface area contributed by atoms with Gasteiger partial charge in [0.25, 0.3) is 0 Å². The van der Waals surface area contributed by atoms with E-state index in [0.717, 1.165) is 18.2 Å². The molecule has 0 saturated carbocycles. The summed E-state index contributed by atoms with van der Waals surface area (Å²) >= 11 is 0. The first kappa shape index (κ1) is 13.5. The van der Waals surface area contributed by atoms with Gasteiger partial charge in [0, 0.05) is 26.8 Å². The largest absolute Gasteiger partial charge is 0.383 e. The molecule has 6 heteroatoms. The van der Waals surface area contributed by atoms with Gasteiger partial charge >= 0.3 is 0 Å². The lowest BCUT2D eigenvalue weighted by Gasteiger charge is -2.25. The van der Waals surface area contributed by atoms with E-state index in [-0.39, 0.29) is 12.0 Å². The van der Waals surface area contributed by atoms with Crippen LogP contribution in [0.1, 0.15) is 13.8 Å². The molecule has 1 rings (SSSR count). The zero-order valence-electron chi connectivity index (χ0n) is 10.9. The van der Waals surface area contributed by atoms with Gasteiger partial charge in [0.2, 0.25) is 5.95 Å². The molecule has 6 nitrogen and oxygen atoms in total. The van der Waals surface area contributed by atoms with Crippen LogP contribution >= 0.6 is 0 Å². The first-order chi connectivity index (χ1) is 8.08. The van der Waals surface area contributed by atoms with E-state index in [0.29, 0.717) is 6.61 Å². The summed E-state index contributed by atoms with van der Waals surface area (Å²) in [5.41, 5.74) is 5.68. The molecule has 3 N–H and O–H groups in total. The summed E-state index contributed by atoms with van der Waals surface area (Å²) in [4.78, 5) is 10.3. The maximum atomic E-state index is 5.68. The van der Waals surface area contributed by atoms with Crippen molar-refractivity contribution in [2.24, 2.45) is 0 Å². The van der Waals surface area contributed by atoms with E-state index >= 15 is 0 Å². The Morgan fingerprint density at radius 2 is 2.24 bits per heavy atom. The van der Waals surface area contributed by atoms with Crippen LogP contribution in [0.15, 0.2) is 6.07 Å². The monoisotopic (exact) mass is 239 g/mol. The topological polar surface area (TPSA) is 76.3 Å². The molecule has 96 valence electrons. The maximum absolute atomic E-state index is 5.68. The Morgan fingerprint density at radius 1 is 1.53 bits per heavy atom. The highest BCUT2D eigenvalue weighted by Gasteiger charge is 2.12. The van der Waals surface area contributed by atoms with E-state index < -0.39 is 0 Å². The van der Waals surface area contributed by atoms with Crippen LogP contribution in [0.5, 0.6) is 0 Å². The predicted molar refractivity (Wildman–Crippen MR) is 70.3 cm³/mol. The van der Waals surface area contributed by atoms with Crippen molar-refractivity contribution in [3.8, 4) is 0 Å². The fraction of sp³-hybridized carbons (Fsp3) is 0.636. The second-order valence-electron chi connectivity index (χ2n) is 3.92. The molecule has 0 aromatic carbocycles. The molecule has 0 aliphatic heterocycles. The average Bonchev–Trinajstić information content (AvgIpc) is 2.28. The lowest BCUT2D eigenvalue weighted by Crippen LogP contribution is -2.33. The van der Waals surface area contributed by atoms with Gasteiger partial charge in [-0.2, -0.15) is 9.97 Å². The highest BCUT2D eigenvalue weighted by Crippen LogP contribution is 2.17. The third kappa shape index (κ3) is 3.74. The molecule has 0 fully saturated rings. The second-order valence-corrected chi connectivity index (χ2v) is 3.92. The zero-order chi connectivity index (χ0) is 12.8. The summed E-state index contributed by atoms with van der Waals surface area (Å²) in [6.45, 7) is 5.51. The van der Waals surface area contributed by atoms with Crippen molar-refractivity contribution >= 4 is 17.6 Å². The predicted octanol–water partition coefficient (Wildman–Crippen LogP) is 0.962. The van der Waals surface area contributed by atoms with Crippen LogP contribution in [0.3, 0.4) is 0 Å². The van der Waals surface area contributed by atoms with E-state index in [4.69, 9.17) is 10.5 Å². The lowest BCUT2D eigenvalue weighted by atomic mass is 10.3.